The third kappa shape index (κ3) is 5.00. The van der Waals surface area contributed by atoms with Crippen molar-refractivity contribution in [2.75, 3.05) is 0 Å². The van der Waals surface area contributed by atoms with Gasteiger partial charge in [-0.15, -0.1) is 0 Å². The second kappa shape index (κ2) is 7.07. The lowest BCUT2D eigenvalue weighted by Gasteiger charge is -2.19. The topological polar surface area (TPSA) is 49.3 Å². The molecule has 0 bridgehead atoms. The SMILES string of the molecule is CCCC(C)N[C@@H](Cc1ccccc1)C(=O)O. The Morgan fingerprint density at radius 3 is 2.53 bits per heavy atom. The maximum Gasteiger partial charge on any atom is 0.321 e. The summed E-state index contributed by atoms with van der Waals surface area (Å²) in [5.74, 6) is -0.781. The van der Waals surface area contributed by atoms with E-state index in [4.69, 9.17) is 0 Å². The number of carboxylic acid groups (broad SMARTS) is 1. The molecule has 1 rings (SSSR count). The summed E-state index contributed by atoms with van der Waals surface area (Å²) in [4.78, 5) is 11.2. The van der Waals surface area contributed by atoms with Gasteiger partial charge in [0.25, 0.3) is 0 Å². The molecule has 1 aromatic carbocycles. The van der Waals surface area contributed by atoms with Gasteiger partial charge in [0.05, 0.1) is 0 Å². The average Bonchev–Trinajstić information content (AvgIpc) is 2.29. The predicted molar refractivity (Wildman–Crippen MR) is 69.1 cm³/mol. The van der Waals surface area contributed by atoms with Gasteiger partial charge in [0, 0.05) is 6.04 Å². The maximum absolute atomic E-state index is 11.2. The number of carboxylic acids is 1. The molecule has 1 aromatic rings. The maximum atomic E-state index is 11.2. The van der Waals surface area contributed by atoms with E-state index in [1.807, 2.05) is 37.3 Å². The van der Waals surface area contributed by atoms with Gasteiger partial charge < -0.3 is 10.4 Å². The summed E-state index contributed by atoms with van der Waals surface area (Å²) in [6.07, 6.45) is 2.59. The Kier molecular flexibility index (Phi) is 5.70. The van der Waals surface area contributed by atoms with Crippen molar-refractivity contribution in [2.24, 2.45) is 0 Å². The Hall–Kier alpha value is -1.35. The molecule has 0 radical (unpaired) electrons. The monoisotopic (exact) mass is 235 g/mol. The molecule has 0 saturated heterocycles. The summed E-state index contributed by atoms with van der Waals surface area (Å²) < 4.78 is 0. The van der Waals surface area contributed by atoms with E-state index in [0.29, 0.717) is 6.42 Å². The van der Waals surface area contributed by atoms with Crippen molar-refractivity contribution in [2.45, 2.75) is 45.2 Å². The van der Waals surface area contributed by atoms with E-state index in [1.54, 1.807) is 0 Å². The molecule has 2 atom stereocenters. The van der Waals surface area contributed by atoms with Gasteiger partial charge >= 0.3 is 5.97 Å². The average molecular weight is 235 g/mol. The third-order valence-electron chi connectivity index (χ3n) is 2.79. The van der Waals surface area contributed by atoms with E-state index >= 15 is 0 Å². The first kappa shape index (κ1) is 13.7. The first-order valence-electron chi connectivity index (χ1n) is 6.16. The molecule has 0 aliphatic rings. The summed E-state index contributed by atoms with van der Waals surface area (Å²) in [5.41, 5.74) is 1.05. The van der Waals surface area contributed by atoms with Gasteiger partial charge in [-0.1, -0.05) is 43.7 Å². The molecular weight excluding hydrogens is 214 g/mol. The quantitative estimate of drug-likeness (QED) is 0.763. The van der Waals surface area contributed by atoms with Crippen LogP contribution in [0.15, 0.2) is 30.3 Å². The molecule has 0 amide bonds. The lowest BCUT2D eigenvalue weighted by molar-refractivity contribution is -0.139. The summed E-state index contributed by atoms with van der Waals surface area (Å²) in [6.45, 7) is 4.13. The summed E-state index contributed by atoms with van der Waals surface area (Å²) in [7, 11) is 0. The van der Waals surface area contributed by atoms with Gasteiger partial charge in [-0.05, 0) is 25.3 Å². The van der Waals surface area contributed by atoms with E-state index in [-0.39, 0.29) is 6.04 Å². The lowest BCUT2D eigenvalue weighted by Crippen LogP contribution is -2.43. The molecule has 17 heavy (non-hydrogen) atoms. The minimum Gasteiger partial charge on any atom is -0.480 e. The number of benzene rings is 1. The van der Waals surface area contributed by atoms with Crippen molar-refractivity contribution in [3.05, 3.63) is 35.9 Å². The van der Waals surface area contributed by atoms with Gasteiger partial charge in [-0.3, -0.25) is 4.79 Å². The van der Waals surface area contributed by atoms with Crippen molar-refractivity contribution in [1.82, 2.24) is 5.32 Å². The van der Waals surface area contributed by atoms with Crippen LogP contribution >= 0.6 is 0 Å². The van der Waals surface area contributed by atoms with Crippen LogP contribution in [0.3, 0.4) is 0 Å². The number of aliphatic carboxylic acids is 1. The molecule has 2 N–H and O–H groups in total. The smallest absolute Gasteiger partial charge is 0.321 e. The van der Waals surface area contributed by atoms with E-state index in [9.17, 15) is 9.90 Å². The number of carbonyl (C=O) groups is 1. The third-order valence-corrected chi connectivity index (χ3v) is 2.79. The van der Waals surface area contributed by atoms with Crippen molar-refractivity contribution in [3.63, 3.8) is 0 Å². The van der Waals surface area contributed by atoms with Gasteiger partial charge in [-0.25, -0.2) is 0 Å². The fourth-order valence-corrected chi connectivity index (χ4v) is 1.93. The molecule has 3 heteroatoms. The highest BCUT2D eigenvalue weighted by atomic mass is 16.4. The van der Waals surface area contributed by atoms with Crippen LogP contribution in [0.2, 0.25) is 0 Å². The Bertz CT molecular complexity index is 337. The molecule has 0 aliphatic heterocycles. The Morgan fingerprint density at radius 2 is 2.00 bits per heavy atom. The summed E-state index contributed by atoms with van der Waals surface area (Å²) in [5, 5.41) is 12.4. The van der Waals surface area contributed by atoms with Crippen molar-refractivity contribution >= 4 is 5.97 Å². The fourth-order valence-electron chi connectivity index (χ4n) is 1.93. The largest absolute Gasteiger partial charge is 0.480 e. The fraction of sp³-hybridized carbons (Fsp3) is 0.500. The van der Waals surface area contributed by atoms with Crippen molar-refractivity contribution in [1.29, 1.82) is 0 Å². The molecule has 0 spiro atoms. The number of nitrogens with one attached hydrogen (secondary N) is 1. The number of hydrogen-bond donors (Lipinski definition) is 2. The normalized spacial score (nSPS) is 14.2. The van der Waals surface area contributed by atoms with Crippen LogP contribution in [0.4, 0.5) is 0 Å². The zero-order chi connectivity index (χ0) is 12.7. The number of hydrogen-bond acceptors (Lipinski definition) is 2. The Morgan fingerprint density at radius 1 is 1.35 bits per heavy atom. The molecule has 0 aliphatic carbocycles. The molecule has 1 unspecified atom stereocenters. The zero-order valence-electron chi connectivity index (χ0n) is 10.5. The Labute approximate surface area is 103 Å². The molecule has 0 saturated carbocycles. The van der Waals surface area contributed by atoms with Gasteiger partial charge in [-0.2, -0.15) is 0 Å². The molecule has 0 aromatic heterocycles. The molecule has 94 valence electrons. The van der Waals surface area contributed by atoms with Crippen LogP contribution in [0.25, 0.3) is 0 Å². The lowest BCUT2D eigenvalue weighted by atomic mass is 10.0. The molecule has 3 nitrogen and oxygen atoms in total. The van der Waals surface area contributed by atoms with E-state index in [0.717, 1.165) is 18.4 Å². The minimum absolute atomic E-state index is 0.241. The Balaban J connectivity index is 2.58. The van der Waals surface area contributed by atoms with Gasteiger partial charge in [0.2, 0.25) is 0 Å². The molecule has 0 fully saturated rings. The number of rotatable bonds is 7. The summed E-state index contributed by atoms with van der Waals surface area (Å²) >= 11 is 0. The van der Waals surface area contributed by atoms with Crippen LogP contribution in [0.5, 0.6) is 0 Å². The van der Waals surface area contributed by atoms with Crippen LogP contribution in [-0.4, -0.2) is 23.2 Å². The second-order valence-electron chi connectivity index (χ2n) is 4.44. The standard InChI is InChI=1S/C14H21NO2/c1-3-7-11(2)15-13(14(16)17)10-12-8-5-4-6-9-12/h4-6,8-9,11,13,15H,3,7,10H2,1-2H3,(H,16,17)/t11?,13-/m0/s1. The minimum atomic E-state index is -0.781. The zero-order valence-corrected chi connectivity index (χ0v) is 10.5. The van der Waals surface area contributed by atoms with Crippen molar-refractivity contribution in [3.8, 4) is 0 Å². The van der Waals surface area contributed by atoms with Gasteiger partial charge in [0.15, 0.2) is 0 Å². The van der Waals surface area contributed by atoms with Crippen LogP contribution < -0.4 is 5.32 Å². The molecule has 0 heterocycles. The molecular formula is C14H21NO2. The summed E-state index contributed by atoms with van der Waals surface area (Å²) in [6, 6.07) is 9.47. The van der Waals surface area contributed by atoms with Crippen LogP contribution in [-0.2, 0) is 11.2 Å². The highest BCUT2D eigenvalue weighted by molar-refractivity contribution is 5.73. The predicted octanol–water partition coefficient (Wildman–Crippen LogP) is 2.46. The van der Waals surface area contributed by atoms with E-state index in [2.05, 4.69) is 12.2 Å². The first-order chi connectivity index (χ1) is 8.13. The van der Waals surface area contributed by atoms with E-state index < -0.39 is 12.0 Å². The van der Waals surface area contributed by atoms with Crippen LogP contribution in [0, 0.1) is 0 Å². The van der Waals surface area contributed by atoms with Crippen LogP contribution in [0.1, 0.15) is 32.3 Å². The first-order valence-corrected chi connectivity index (χ1v) is 6.16. The van der Waals surface area contributed by atoms with Gasteiger partial charge in [0.1, 0.15) is 6.04 Å². The highest BCUT2D eigenvalue weighted by Gasteiger charge is 2.19. The van der Waals surface area contributed by atoms with E-state index in [1.165, 1.54) is 0 Å². The second-order valence-corrected chi connectivity index (χ2v) is 4.44. The van der Waals surface area contributed by atoms with Crippen molar-refractivity contribution < 1.29 is 9.90 Å². The highest BCUT2D eigenvalue weighted by Crippen LogP contribution is 2.05.